The Morgan fingerprint density at radius 3 is 2.23 bits per heavy atom. The van der Waals surface area contributed by atoms with Crippen molar-refractivity contribution < 1.29 is 26.8 Å². The molecule has 1 aliphatic carbocycles. The summed E-state index contributed by atoms with van der Waals surface area (Å²) < 4.78 is 63.3. The summed E-state index contributed by atoms with van der Waals surface area (Å²) in [5, 5.41) is 1.64. The summed E-state index contributed by atoms with van der Waals surface area (Å²) >= 11 is 6.04. The van der Waals surface area contributed by atoms with Gasteiger partial charge in [0.25, 0.3) is 5.92 Å². The van der Waals surface area contributed by atoms with Gasteiger partial charge in [-0.1, -0.05) is 23.7 Å². The van der Waals surface area contributed by atoms with E-state index in [0.717, 1.165) is 12.1 Å². The Morgan fingerprint density at radius 1 is 1.14 bits per heavy atom. The highest BCUT2D eigenvalue weighted by atomic mass is 35.5. The summed E-state index contributed by atoms with van der Waals surface area (Å²) in [6.45, 7) is 0.151. The van der Waals surface area contributed by atoms with Crippen molar-refractivity contribution in [3.8, 4) is 0 Å². The highest BCUT2D eigenvalue weighted by molar-refractivity contribution is 6.32. The summed E-state index contributed by atoms with van der Waals surface area (Å²) in [7, 11) is 0. The molecular weight excluding hydrogens is 329 g/mol. The van der Waals surface area contributed by atoms with E-state index in [9.17, 15) is 22.0 Å². The lowest BCUT2D eigenvalue weighted by molar-refractivity contribution is -0.198. The Balaban J connectivity index is 1.71. The predicted octanol–water partition coefficient (Wildman–Crippen LogP) is 4.66. The molecule has 0 spiro atoms. The lowest BCUT2D eigenvalue weighted by Gasteiger charge is -2.39. The van der Waals surface area contributed by atoms with Crippen molar-refractivity contribution in [1.29, 1.82) is 0 Å². The number of halogens is 6. The molecule has 0 unspecified atom stereocenters. The third-order valence-corrected chi connectivity index (χ3v) is 3.99. The third kappa shape index (κ3) is 2.92. The van der Waals surface area contributed by atoms with Gasteiger partial charge in [0.1, 0.15) is 0 Å². The molecule has 0 N–H and O–H groups in total. The second kappa shape index (κ2) is 5.09. The Morgan fingerprint density at radius 2 is 1.73 bits per heavy atom. The number of hydroxylamine groups is 2. The van der Waals surface area contributed by atoms with Crippen LogP contribution < -0.4 is 0 Å². The van der Waals surface area contributed by atoms with E-state index in [-0.39, 0.29) is 30.2 Å². The summed E-state index contributed by atoms with van der Waals surface area (Å²) in [4.78, 5) is 5.45. The predicted molar refractivity (Wildman–Crippen MR) is 70.0 cm³/mol. The van der Waals surface area contributed by atoms with E-state index in [1.807, 2.05) is 0 Å². The Labute approximate surface area is 128 Å². The molecule has 0 bridgehead atoms. The molecule has 1 fully saturated rings. The molecule has 1 heterocycles. The van der Waals surface area contributed by atoms with Crippen LogP contribution in [0.5, 0.6) is 0 Å². The standard InChI is InChI=1S/C14H11ClF5NO/c15-11-7-21(10-5-13(16,17)6-10)22-12(11)8-1-3-9(4-2-8)14(18,19)20/h1-4,10H,5-7H2. The first kappa shape index (κ1) is 15.6. The van der Waals surface area contributed by atoms with Crippen molar-refractivity contribution in [2.45, 2.75) is 31.0 Å². The summed E-state index contributed by atoms with van der Waals surface area (Å²) in [6, 6.07) is 3.92. The molecule has 120 valence electrons. The minimum atomic E-state index is -4.42. The second-order valence-corrected chi connectivity index (χ2v) is 5.85. The molecule has 1 saturated carbocycles. The summed E-state index contributed by atoms with van der Waals surface area (Å²) in [5.41, 5.74) is -0.395. The average Bonchev–Trinajstić information content (AvgIpc) is 2.77. The molecule has 1 aromatic rings. The monoisotopic (exact) mass is 339 g/mol. The van der Waals surface area contributed by atoms with E-state index in [1.165, 1.54) is 17.2 Å². The molecule has 1 aliphatic heterocycles. The van der Waals surface area contributed by atoms with Crippen LogP contribution in [0.1, 0.15) is 24.0 Å². The highest BCUT2D eigenvalue weighted by Crippen LogP contribution is 2.44. The van der Waals surface area contributed by atoms with Crippen LogP contribution in [0.3, 0.4) is 0 Å². The largest absolute Gasteiger partial charge is 0.416 e. The number of benzene rings is 1. The quantitative estimate of drug-likeness (QED) is 0.727. The van der Waals surface area contributed by atoms with Crippen molar-refractivity contribution in [1.82, 2.24) is 5.06 Å². The van der Waals surface area contributed by atoms with Crippen LogP contribution in [0.25, 0.3) is 5.76 Å². The second-order valence-electron chi connectivity index (χ2n) is 5.39. The van der Waals surface area contributed by atoms with Gasteiger partial charge in [-0.3, -0.25) is 0 Å². The molecule has 1 aromatic carbocycles. The van der Waals surface area contributed by atoms with Crippen LogP contribution in [-0.4, -0.2) is 23.6 Å². The first-order chi connectivity index (χ1) is 10.2. The van der Waals surface area contributed by atoms with Gasteiger partial charge in [0, 0.05) is 18.4 Å². The van der Waals surface area contributed by atoms with Crippen LogP contribution in [-0.2, 0) is 11.0 Å². The minimum Gasteiger partial charge on any atom is -0.403 e. The molecule has 2 aliphatic rings. The molecule has 0 amide bonds. The van der Waals surface area contributed by atoms with Gasteiger partial charge in [0.2, 0.25) is 0 Å². The molecule has 2 nitrogen and oxygen atoms in total. The Hall–Kier alpha value is -1.34. The van der Waals surface area contributed by atoms with Crippen molar-refractivity contribution in [3.05, 3.63) is 40.4 Å². The van der Waals surface area contributed by atoms with Crippen LogP contribution >= 0.6 is 11.6 Å². The maximum absolute atomic E-state index is 12.9. The summed E-state index contributed by atoms with van der Waals surface area (Å²) in [5.74, 6) is -2.47. The van der Waals surface area contributed by atoms with E-state index < -0.39 is 23.7 Å². The Kier molecular flexibility index (Phi) is 3.60. The summed E-state index contributed by atoms with van der Waals surface area (Å²) in [6.07, 6.45) is -5.04. The first-order valence-electron chi connectivity index (χ1n) is 6.54. The zero-order valence-electron chi connectivity index (χ0n) is 11.1. The van der Waals surface area contributed by atoms with Crippen LogP contribution in [0, 0.1) is 0 Å². The van der Waals surface area contributed by atoms with Gasteiger partial charge < -0.3 is 4.84 Å². The third-order valence-electron chi connectivity index (χ3n) is 3.70. The van der Waals surface area contributed by atoms with Gasteiger partial charge in [-0.05, 0) is 12.1 Å². The highest BCUT2D eigenvalue weighted by Gasteiger charge is 2.50. The maximum atomic E-state index is 12.9. The molecule has 3 rings (SSSR count). The number of hydrogen-bond donors (Lipinski definition) is 0. The van der Waals surface area contributed by atoms with E-state index in [1.54, 1.807) is 0 Å². The van der Waals surface area contributed by atoms with Gasteiger partial charge in [-0.15, -0.1) is 5.06 Å². The van der Waals surface area contributed by atoms with Crippen LogP contribution in [0.2, 0.25) is 0 Å². The molecular formula is C14H11ClF5NO. The average molecular weight is 340 g/mol. The van der Waals surface area contributed by atoms with Crippen molar-refractivity contribution in [2.75, 3.05) is 6.54 Å². The van der Waals surface area contributed by atoms with Crippen LogP contribution in [0.4, 0.5) is 22.0 Å². The molecule has 0 aromatic heterocycles. The van der Waals surface area contributed by atoms with Crippen LogP contribution in [0.15, 0.2) is 29.3 Å². The van der Waals surface area contributed by atoms with Gasteiger partial charge in [0.15, 0.2) is 5.76 Å². The fraction of sp³-hybridized carbons (Fsp3) is 0.429. The van der Waals surface area contributed by atoms with Gasteiger partial charge in [-0.2, -0.15) is 13.2 Å². The van der Waals surface area contributed by atoms with E-state index in [4.69, 9.17) is 16.4 Å². The van der Waals surface area contributed by atoms with E-state index in [0.29, 0.717) is 5.56 Å². The number of rotatable bonds is 2. The maximum Gasteiger partial charge on any atom is 0.416 e. The lowest BCUT2D eigenvalue weighted by atomic mass is 9.88. The van der Waals surface area contributed by atoms with Crippen molar-refractivity contribution >= 4 is 17.4 Å². The molecule has 0 atom stereocenters. The van der Waals surface area contributed by atoms with E-state index in [2.05, 4.69) is 0 Å². The zero-order valence-corrected chi connectivity index (χ0v) is 11.9. The number of alkyl halides is 5. The van der Waals surface area contributed by atoms with Gasteiger partial charge >= 0.3 is 6.18 Å². The molecule has 0 radical (unpaired) electrons. The zero-order chi connectivity index (χ0) is 16.1. The fourth-order valence-electron chi connectivity index (χ4n) is 2.46. The van der Waals surface area contributed by atoms with E-state index >= 15 is 0 Å². The van der Waals surface area contributed by atoms with Crippen molar-refractivity contribution in [3.63, 3.8) is 0 Å². The number of nitrogens with zero attached hydrogens (tertiary/aromatic N) is 1. The fourth-order valence-corrected chi connectivity index (χ4v) is 2.73. The topological polar surface area (TPSA) is 12.5 Å². The van der Waals surface area contributed by atoms with Gasteiger partial charge in [-0.25, -0.2) is 8.78 Å². The molecule has 22 heavy (non-hydrogen) atoms. The lowest BCUT2D eigenvalue weighted by Crippen LogP contribution is -2.49. The smallest absolute Gasteiger partial charge is 0.403 e. The normalized spacial score (nSPS) is 22.6. The number of hydrogen-bond acceptors (Lipinski definition) is 2. The van der Waals surface area contributed by atoms with Crippen molar-refractivity contribution in [2.24, 2.45) is 0 Å². The minimum absolute atomic E-state index is 0.151. The van der Waals surface area contributed by atoms with Gasteiger partial charge in [0.05, 0.1) is 23.2 Å². The SMILES string of the molecule is FC1(F)CC(N2CC(Cl)=C(c3ccc(C(F)(F)F)cc3)O2)C1. The first-order valence-corrected chi connectivity index (χ1v) is 6.92. The molecule has 0 saturated heterocycles. The Bertz CT molecular complexity index is 603. The molecule has 8 heteroatoms.